The van der Waals surface area contributed by atoms with Crippen molar-refractivity contribution in [1.29, 1.82) is 0 Å². The van der Waals surface area contributed by atoms with Crippen molar-refractivity contribution in [2.45, 2.75) is 19.3 Å². The second kappa shape index (κ2) is 11.5. The summed E-state index contributed by atoms with van der Waals surface area (Å²) >= 11 is 0. The van der Waals surface area contributed by atoms with Gasteiger partial charge in [0.1, 0.15) is 0 Å². The van der Waals surface area contributed by atoms with E-state index in [9.17, 15) is 0 Å². The van der Waals surface area contributed by atoms with Crippen LogP contribution in [0.3, 0.4) is 0 Å². The second-order valence-electron chi connectivity index (χ2n) is 9.00. The fourth-order valence-electron chi connectivity index (χ4n) is 4.44. The highest BCUT2D eigenvalue weighted by Gasteiger charge is 2.37. The SMILES string of the molecule is Cc1cccc(N=Cc2ccccc2C(Nc2ccccc2)(OCc2ccccc2)c2ccccc2)c1. The number of hydrogen-bond donors (Lipinski definition) is 1. The zero-order chi connectivity index (χ0) is 25.3. The molecule has 0 aliphatic carbocycles. The molecular weight excluding hydrogens is 452 g/mol. The number of aryl methyl sites for hydroxylation is 1. The summed E-state index contributed by atoms with van der Waals surface area (Å²) in [6, 6.07) is 47.3. The predicted octanol–water partition coefficient (Wildman–Crippen LogP) is 8.28. The number of ether oxygens (including phenoxy) is 1. The first-order valence-corrected chi connectivity index (χ1v) is 12.5. The molecule has 5 rings (SSSR count). The molecule has 0 aliphatic heterocycles. The Hall–Kier alpha value is -4.47. The van der Waals surface area contributed by atoms with Gasteiger partial charge in [0.2, 0.25) is 0 Å². The van der Waals surface area contributed by atoms with E-state index in [0.717, 1.165) is 33.6 Å². The van der Waals surface area contributed by atoms with Crippen LogP contribution < -0.4 is 5.32 Å². The van der Waals surface area contributed by atoms with Crippen LogP contribution in [0.5, 0.6) is 0 Å². The van der Waals surface area contributed by atoms with Gasteiger partial charge in [-0.05, 0) is 42.3 Å². The van der Waals surface area contributed by atoms with Crippen LogP contribution in [0.4, 0.5) is 11.4 Å². The maximum Gasteiger partial charge on any atom is 0.192 e. The van der Waals surface area contributed by atoms with Crippen molar-refractivity contribution in [3.05, 3.63) is 167 Å². The van der Waals surface area contributed by atoms with Crippen LogP contribution in [0.1, 0.15) is 27.8 Å². The summed E-state index contributed by atoms with van der Waals surface area (Å²) < 4.78 is 6.93. The van der Waals surface area contributed by atoms with E-state index in [1.165, 1.54) is 5.56 Å². The molecule has 1 unspecified atom stereocenters. The van der Waals surface area contributed by atoms with Crippen molar-refractivity contribution in [2.24, 2.45) is 4.99 Å². The van der Waals surface area contributed by atoms with Crippen LogP contribution in [0, 0.1) is 6.92 Å². The fourth-order valence-corrected chi connectivity index (χ4v) is 4.44. The van der Waals surface area contributed by atoms with Gasteiger partial charge in [0.15, 0.2) is 5.72 Å². The Labute approximate surface area is 219 Å². The molecule has 5 aromatic rings. The minimum Gasteiger partial charge on any atom is -0.350 e. The number of nitrogens with zero attached hydrogens (tertiary/aromatic N) is 1. The third kappa shape index (κ3) is 5.85. The molecule has 0 heterocycles. The maximum absolute atomic E-state index is 6.93. The number of benzene rings is 5. The average molecular weight is 483 g/mol. The monoisotopic (exact) mass is 482 g/mol. The van der Waals surface area contributed by atoms with Crippen molar-refractivity contribution in [3.8, 4) is 0 Å². The van der Waals surface area contributed by atoms with Gasteiger partial charge in [0, 0.05) is 28.6 Å². The van der Waals surface area contributed by atoms with Crippen LogP contribution in [0.2, 0.25) is 0 Å². The number of hydrogen-bond acceptors (Lipinski definition) is 3. The number of anilines is 1. The lowest BCUT2D eigenvalue weighted by Crippen LogP contribution is -2.40. The first-order valence-electron chi connectivity index (χ1n) is 12.5. The third-order valence-electron chi connectivity index (χ3n) is 6.27. The van der Waals surface area contributed by atoms with Crippen molar-refractivity contribution in [2.75, 3.05) is 5.32 Å². The van der Waals surface area contributed by atoms with E-state index in [4.69, 9.17) is 9.73 Å². The molecule has 0 saturated heterocycles. The third-order valence-corrected chi connectivity index (χ3v) is 6.27. The Morgan fingerprint density at radius 1 is 0.703 bits per heavy atom. The van der Waals surface area contributed by atoms with Crippen LogP contribution in [-0.2, 0) is 17.1 Å². The van der Waals surface area contributed by atoms with Gasteiger partial charge in [-0.3, -0.25) is 4.99 Å². The van der Waals surface area contributed by atoms with Gasteiger partial charge < -0.3 is 10.1 Å². The molecule has 5 aromatic carbocycles. The number of para-hydroxylation sites is 1. The molecule has 0 amide bonds. The number of aliphatic imine (C=N–C) groups is 1. The second-order valence-corrected chi connectivity index (χ2v) is 9.00. The fraction of sp³-hybridized carbons (Fsp3) is 0.0882. The van der Waals surface area contributed by atoms with E-state index >= 15 is 0 Å². The van der Waals surface area contributed by atoms with Crippen molar-refractivity contribution < 1.29 is 4.74 Å². The normalized spacial score (nSPS) is 12.8. The molecular formula is C34H30N2O. The summed E-state index contributed by atoms with van der Waals surface area (Å²) in [6.45, 7) is 2.51. The minimum atomic E-state index is -0.965. The maximum atomic E-state index is 6.93. The Kier molecular flexibility index (Phi) is 7.54. The van der Waals surface area contributed by atoms with Crippen LogP contribution in [0.25, 0.3) is 0 Å². The van der Waals surface area contributed by atoms with Crippen molar-refractivity contribution in [3.63, 3.8) is 0 Å². The van der Waals surface area contributed by atoms with E-state index in [0.29, 0.717) is 6.61 Å². The summed E-state index contributed by atoms with van der Waals surface area (Å²) in [5, 5.41) is 3.76. The van der Waals surface area contributed by atoms with Gasteiger partial charge in [0.05, 0.1) is 12.3 Å². The quantitative estimate of drug-likeness (QED) is 0.169. The molecule has 0 aliphatic rings. The first kappa shape index (κ1) is 24.2. The summed E-state index contributed by atoms with van der Waals surface area (Å²) in [5.74, 6) is 0. The molecule has 0 fully saturated rings. The van der Waals surface area contributed by atoms with Crippen LogP contribution >= 0.6 is 0 Å². The van der Waals surface area contributed by atoms with E-state index in [1.54, 1.807) is 0 Å². The zero-order valence-corrected chi connectivity index (χ0v) is 20.9. The molecule has 3 nitrogen and oxygen atoms in total. The zero-order valence-electron chi connectivity index (χ0n) is 20.9. The summed E-state index contributed by atoms with van der Waals surface area (Å²) in [6.07, 6.45) is 1.93. The van der Waals surface area contributed by atoms with Crippen molar-refractivity contribution >= 4 is 17.6 Å². The lowest BCUT2D eigenvalue weighted by molar-refractivity contribution is -0.00921. The van der Waals surface area contributed by atoms with Crippen molar-refractivity contribution in [1.82, 2.24) is 0 Å². The standard InChI is InChI=1S/C34H30N2O/c1-27-14-13-22-32(24-27)35-25-29-17-11-12-23-33(29)34(30-18-7-3-8-19-30,36-31-20-9-4-10-21-31)37-26-28-15-5-2-6-16-28/h2-25,36H,26H2,1H3. The highest BCUT2D eigenvalue weighted by molar-refractivity contribution is 5.85. The Morgan fingerprint density at radius 2 is 1.35 bits per heavy atom. The molecule has 0 spiro atoms. The largest absolute Gasteiger partial charge is 0.350 e. The van der Waals surface area contributed by atoms with Gasteiger partial charge in [-0.15, -0.1) is 0 Å². The topological polar surface area (TPSA) is 33.6 Å². The molecule has 0 bridgehead atoms. The number of nitrogens with one attached hydrogen (secondary N) is 1. The van der Waals surface area contributed by atoms with Crippen LogP contribution in [0.15, 0.2) is 145 Å². The number of rotatable bonds is 9. The molecule has 1 atom stereocenters. The smallest absolute Gasteiger partial charge is 0.192 e. The molecule has 3 heteroatoms. The highest BCUT2D eigenvalue weighted by Crippen LogP contribution is 2.37. The van der Waals surface area contributed by atoms with Gasteiger partial charge in [0.25, 0.3) is 0 Å². The predicted molar refractivity (Wildman–Crippen MR) is 153 cm³/mol. The van der Waals surface area contributed by atoms with Gasteiger partial charge in [-0.1, -0.05) is 115 Å². The lowest BCUT2D eigenvalue weighted by atomic mass is 9.90. The first-order chi connectivity index (χ1) is 18.2. The van der Waals surface area contributed by atoms with Gasteiger partial charge >= 0.3 is 0 Å². The minimum absolute atomic E-state index is 0.429. The molecule has 1 N–H and O–H groups in total. The van der Waals surface area contributed by atoms with E-state index < -0.39 is 5.72 Å². The Bertz CT molecular complexity index is 1450. The lowest BCUT2D eigenvalue weighted by Gasteiger charge is -2.38. The molecule has 0 saturated carbocycles. The van der Waals surface area contributed by atoms with Gasteiger partial charge in [-0.2, -0.15) is 0 Å². The summed E-state index contributed by atoms with van der Waals surface area (Å²) in [7, 11) is 0. The average Bonchev–Trinajstić information content (AvgIpc) is 2.96. The Morgan fingerprint density at radius 3 is 2.08 bits per heavy atom. The Balaban J connectivity index is 1.66. The van der Waals surface area contributed by atoms with E-state index in [-0.39, 0.29) is 0 Å². The summed E-state index contributed by atoms with van der Waals surface area (Å²) in [5.41, 5.74) is 6.16. The molecule has 182 valence electrons. The molecule has 37 heavy (non-hydrogen) atoms. The molecule has 0 aromatic heterocycles. The molecule has 0 radical (unpaired) electrons. The van der Waals surface area contributed by atoms with Gasteiger partial charge in [-0.25, -0.2) is 0 Å². The van der Waals surface area contributed by atoms with E-state index in [2.05, 4.69) is 79.0 Å². The van der Waals surface area contributed by atoms with Crippen LogP contribution in [-0.4, -0.2) is 6.21 Å². The highest BCUT2D eigenvalue weighted by atomic mass is 16.5. The summed E-state index contributed by atoms with van der Waals surface area (Å²) in [4.78, 5) is 4.82. The van der Waals surface area contributed by atoms with E-state index in [1.807, 2.05) is 79.0 Å².